The average molecular weight is 414 g/mol. The van der Waals surface area contributed by atoms with Gasteiger partial charge in [0.05, 0.1) is 11.7 Å². The molecule has 1 N–H and O–H groups in total. The van der Waals surface area contributed by atoms with Crippen molar-refractivity contribution in [3.8, 4) is 22.8 Å². The van der Waals surface area contributed by atoms with E-state index in [-0.39, 0.29) is 12.0 Å². The minimum atomic E-state index is -2.64. The monoisotopic (exact) mass is 414 g/mol. The first-order valence-corrected chi connectivity index (χ1v) is 11.9. The molecule has 3 aromatic rings. The lowest BCUT2D eigenvalue weighted by Crippen LogP contribution is -2.27. The first-order chi connectivity index (χ1) is 13.6. The molecule has 0 aliphatic carbocycles. The van der Waals surface area contributed by atoms with Crippen molar-refractivity contribution < 1.29 is 18.8 Å². The first-order valence-electron chi connectivity index (χ1n) is 9.26. The summed E-state index contributed by atoms with van der Waals surface area (Å²) < 4.78 is 26.7. The zero-order chi connectivity index (χ0) is 20.9. The molecule has 152 valence electrons. The normalized spacial score (nSPS) is 16.1. The zero-order valence-corrected chi connectivity index (χ0v) is 17.9. The zero-order valence-electron chi connectivity index (χ0n) is 17.0. The molecule has 3 aromatic heterocycles. The van der Waals surface area contributed by atoms with E-state index in [4.69, 9.17) is 14.5 Å². The highest BCUT2D eigenvalue weighted by molar-refractivity contribution is 7.69. The standard InChI is InChI=1S/C20H23N4O4P/c1-11-10-27-20-16(28-11)7-18(29(4,5)26)23-19(20)14-9-24(3)15-8-21-17(6-13(14)15)22-12(2)25/h6-9,11H,10H2,1-5H3,(H,21,22,25). The van der Waals surface area contributed by atoms with Gasteiger partial charge in [-0.3, -0.25) is 4.79 Å². The van der Waals surface area contributed by atoms with Crippen molar-refractivity contribution in [2.75, 3.05) is 25.3 Å². The van der Waals surface area contributed by atoms with Crippen molar-refractivity contribution in [3.63, 3.8) is 0 Å². The van der Waals surface area contributed by atoms with Crippen LogP contribution in [0.3, 0.4) is 0 Å². The molecule has 0 aromatic carbocycles. The van der Waals surface area contributed by atoms with Crippen molar-refractivity contribution >= 4 is 35.2 Å². The van der Waals surface area contributed by atoms with Crippen molar-refractivity contribution in [2.45, 2.75) is 20.0 Å². The van der Waals surface area contributed by atoms with Gasteiger partial charge in [-0.15, -0.1) is 0 Å². The van der Waals surface area contributed by atoms with Crippen LogP contribution in [0.15, 0.2) is 24.5 Å². The van der Waals surface area contributed by atoms with Crippen LogP contribution < -0.4 is 20.2 Å². The Morgan fingerprint density at radius 1 is 1.34 bits per heavy atom. The number of hydrogen-bond donors (Lipinski definition) is 1. The van der Waals surface area contributed by atoms with Gasteiger partial charge < -0.3 is 23.9 Å². The van der Waals surface area contributed by atoms with E-state index in [1.807, 2.05) is 24.7 Å². The minimum absolute atomic E-state index is 0.109. The van der Waals surface area contributed by atoms with E-state index >= 15 is 0 Å². The van der Waals surface area contributed by atoms with Gasteiger partial charge in [0.25, 0.3) is 0 Å². The second kappa shape index (κ2) is 6.88. The molecule has 9 heteroatoms. The molecule has 1 aliphatic heterocycles. The molecule has 0 bridgehead atoms. The Morgan fingerprint density at radius 2 is 2.10 bits per heavy atom. The fourth-order valence-electron chi connectivity index (χ4n) is 3.35. The van der Waals surface area contributed by atoms with Crippen LogP contribution in [0.25, 0.3) is 22.2 Å². The highest BCUT2D eigenvalue weighted by Gasteiger charge is 2.28. The number of nitrogens with zero attached hydrogens (tertiary/aromatic N) is 3. The van der Waals surface area contributed by atoms with Crippen LogP contribution in [-0.4, -0.2) is 46.5 Å². The van der Waals surface area contributed by atoms with E-state index in [0.29, 0.717) is 35.1 Å². The number of carbonyl (C=O) groups excluding carboxylic acids is 1. The number of amides is 1. The minimum Gasteiger partial charge on any atom is -0.484 e. The quantitative estimate of drug-likeness (QED) is 0.662. The Kier molecular flexibility index (Phi) is 4.62. The fraction of sp³-hybridized carbons (Fsp3) is 0.350. The van der Waals surface area contributed by atoms with E-state index in [1.54, 1.807) is 31.7 Å². The number of fused-ring (bicyclic) bond motifs is 2. The highest BCUT2D eigenvalue weighted by atomic mass is 31.2. The average Bonchev–Trinajstić information content (AvgIpc) is 2.95. The molecular weight excluding hydrogens is 391 g/mol. The first kappa shape index (κ1) is 19.5. The lowest BCUT2D eigenvalue weighted by Gasteiger charge is -2.26. The van der Waals surface area contributed by atoms with Gasteiger partial charge in [0.1, 0.15) is 36.8 Å². The Morgan fingerprint density at radius 3 is 2.79 bits per heavy atom. The third-order valence-corrected chi connectivity index (χ3v) is 6.04. The van der Waals surface area contributed by atoms with Gasteiger partial charge in [-0.25, -0.2) is 9.97 Å². The number of ether oxygens (including phenoxy) is 2. The van der Waals surface area contributed by atoms with Crippen LogP contribution in [0, 0.1) is 0 Å². The van der Waals surface area contributed by atoms with Crippen LogP contribution in [0.4, 0.5) is 5.82 Å². The number of rotatable bonds is 3. The highest BCUT2D eigenvalue weighted by Crippen LogP contribution is 2.45. The maximum Gasteiger partial charge on any atom is 0.222 e. The molecule has 0 saturated heterocycles. The Balaban J connectivity index is 1.98. The van der Waals surface area contributed by atoms with Gasteiger partial charge in [-0.1, -0.05) is 0 Å². The number of pyridine rings is 2. The van der Waals surface area contributed by atoms with Gasteiger partial charge in [-0.2, -0.15) is 0 Å². The predicted molar refractivity (Wildman–Crippen MR) is 113 cm³/mol. The molecule has 4 rings (SSSR count). The van der Waals surface area contributed by atoms with E-state index in [9.17, 15) is 9.36 Å². The van der Waals surface area contributed by atoms with Gasteiger partial charge in [0, 0.05) is 37.2 Å². The van der Waals surface area contributed by atoms with Crippen LogP contribution in [0.2, 0.25) is 0 Å². The summed E-state index contributed by atoms with van der Waals surface area (Å²) in [6, 6.07) is 3.52. The second-order valence-electron chi connectivity index (χ2n) is 7.67. The van der Waals surface area contributed by atoms with Crippen molar-refractivity contribution in [1.29, 1.82) is 0 Å². The number of hydrogen-bond acceptors (Lipinski definition) is 6. The van der Waals surface area contributed by atoms with E-state index < -0.39 is 7.14 Å². The number of aromatic nitrogens is 3. The summed E-state index contributed by atoms with van der Waals surface area (Å²) >= 11 is 0. The molecule has 0 fully saturated rings. The van der Waals surface area contributed by atoms with Crippen LogP contribution in [0.5, 0.6) is 11.5 Å². The topological polar surface area (TPSA) is 95.3 Å². The molecule has 0 saturated carbocycles. The summed E-state index contributed by atoms with van der Waals surface area (Å²) in [7, 11) is -0.728. The largest absolute Gasteiger partial charge is 0.484 e. The van der Waals surface area contributed by atoms with Crippen molar-refractivity contribution in [2.24, 2.45) is 7.05 Å². The Hall–Kier alpha value is -2.86. The molecule has 4 heterocycles. The van der Waals surface area contributed by atoms with Gasteiger partial charge in [-0.05, 0) is 26.3 Å². The molecular formula is C20H23N4O4P. The summed E-state index contributed by atoms with van der Waals surface area (Å²) in [5.74, 6) is 1.33. The molecule has 1 unspecified atom stereocenters. The second-order valence-corrected chi connectivity index (χ2v) is 10.8. The van der Waals surface area contributed by atoms with E-state index in [0.717, 1.165) is 16.5 Å². The van der Waals surface area contributed by atoms with Gasteiger partial charge in [0.15, 0.2) is 11.5 Å². The smallest absolute Gasteiger partial charge is 0.222 e. The maximum atomic E-state index is 12.8. The molecule has 29 heavy (non-hydrogen) atoms. The third kappa shape index (κ3) is 3.60. The van der Waals surface area contributed by atoms with Gasteiger partial charge in [0.2, 0.25) is 5.91 Å². The van der Waals surface area contributed by atoms with Crippen LogP contribution >= 0.6 is 7.14 Å². The summed E-state index contributed by atoms with van der Waals surface area (Å²) in [5, 5.41) is 3.56. The molecule has 0 spiro atoms. The summed E-state index contributed by atoms with van der Waals surface area (Å²) in [5.41, 5.74) is 2.72. The van der Waals surface area contributed by atoms with Crippen molar-refractivity contribution in [3.05, 3.63) is 24.5 Å². The fourth-order valence-corrected chi connectivity index (χ4v) is 4.12. The predicted octanol–water partition coefficient (Wildman–Crippen LogP) is 3.00. The van der Waals surface area contributed by atoms with Crippen molar-refractivity contribution in [1.82, 2.24) is 14.5 Å². The lowest BCUT2D eigenvalue weighted by molar-refractivity contribution is -0.114. The number of carbonyl (C=O) groups is 1. The molecule has 0 radical (unpaired) electrons. The summed E-state index contributed by atoms with van der Waals surface area (Å²) in [4.78, 5) is 20.5. The van der Waals surface area contributed by atoms with Gasteiger partial charge >= 0.3 is 0 Å². The van der Waals surface area contributed by atoms with Crippen LogP contribution in [0.1, 0.15) is 13.8 Å². The van der Waals surface area contributed by atoms with Crippen LogP contribution in [-0.2, 0) is 16.4 Å². The summed E-state index contributed by atoms with van der Waals surface area (Å²) in [6.45, 7) is 7.12. The van der Waals surface area contributed by atoms with E-state index in [2.05, 4.69) is 10.3 Å². The molecule has 1 aliphatic rings. The molecule has 1 atom stereocenters. The van der Waals surface area contributed by atoms with E-state index in [1.165, 1.54) is 6.92 Å². The molecule has 1 amide bonds. The number of aryl methyl sites for hydroxylation is 1. The Labute approximate surface area is 168 Å². The summed E-state index contributed by atoms with van der Waals surface area (Å²) in [6.07, 6.45) is 3.51. The Bertz CT molecular complexity index is 1180. The SMILES string of the molecule is CC(=O)Nc1cc2c(-c3nc(P(C)(C)=O)cc4c3OCC(C)O4)cn(C)c2cn1. The number of anilines is 1. The lowest BCUT2D eigenvalue weighted by atomic mass is 10.1. The number of nitrogens with one attached hydrogen (secondary N) is 1. The maximum absolute atomic E-state index is 12.8. The molecule has 8 nitrogen and oxygen atoms in total. The third-order valence-electron chi connectivity index (χ3n) is 4.70.